The van der Waals surface area contributed by atoms with Crippen LogP contribution >= 0.6 is 0 Å². The van der Waals surface area contributed by atoms with Crippen molar-refractivity contribution in [2.24, 2.45) is 0 Å². The highest BCUT2D eigenvalue weighted by Gasteiger charge is 2.18. The molecule has 1 atom stereocenters. The number of amides is 1. The predicted molar refractivity (Wildman–Crippen MR) is 111 cm³/mol. The van der Waals surface area contributed by atoms with Crippen molar-refractivity contribution in [2.45, 2.75) is 45.6 Å². The van der Waals surface area contributed by atoms with Gasteiger partial charge in [-0.05, 0) is 57.0 Å². The van der Waals surface area contributed by atoms with Gasteiger partial charge in [0.2, 0.25) is 5.91 Å². The standard InChI is InChI=1S/C22H35N3O3/c1-3-24(11-4-5-12-25-13-10-23-9-8-22(25)26)18(2)16-19-6-7-20-21(17-19)28-15-14-27-20/h6-7,17-18,23H,3-5,8-16H2,1-2H3. The van der Waals surface area contributed by atoms with Crippen LogP contribution in [0.25, 0.3) is 0 Å². The third kappa shape index (κ3) is 5.85. The molecule has 0 saturated carbocycles. The molecule has 1 amide bonds. The van der Waals surface area contributed by atoms with Crippen molar-refractivity contribution in [1.29, 1.82) is 0 Å². The molecule has 0 radical (unpaired) electrons. The van der Waals surface area contributed by atoms with Crippen molar-refractivity contribution in [1.82, 2.24) is 15.1 Å². The fourth-order valence-electron chi connectivity index (χ4n) is 4.05. The third-order valence-electron chi connectivity index (χ3n) is 5.72. The Hall–Kier alpha value is -1.79. The lowest BCUT2D eigenvalue weighted by Gasteiger charge is -2.29. The molecule has 3 rings (SSSR count). The van der Waals surface area contributed by atoms with E-state index in [0.29, 0.717) is 31.6 Å². The molecule has 0 spiro atoms. The maximum atomic E-state index is 12.1. The monoisotopic (exact) mass is 389 g/mol. The number of ether oxygens (including phenoxy) is 2. The van der Waals surface area contributed by atoms with Gasteiger partial charge < -0.3 is 24.6 Å². The molecular formula is C22H35N3O3. The number of fused-ring (bicyclic) bond motifs is 1. The molecule has 156 valence electrons. The number of carbonyl (C=O) groups is 1. The summed E-state index contributed by atoms with van der Waals surface area (Å²) in [6.07, 6.45) is 3.82. The molecule has 6 nitrogen and oxygen atoms in total. The maximum Gasteiger partial charge on any atom is 0.223 e. The van der Waals surface area contributed by atoms with Gasteiger partial charge in [-0.25, -0.2) is 0 Å². The van der Waals surface area contributed by atoms with E-state index in [1.165, 1.54) is 5.56 Å². The normalized spacial score (nSPS) is 18.2. The molecule has 0 aromatic heterocycles. The van der Waals surface area contributed by atoms with Gasteiger partial charge in [0.05, 0.1) is 0 Å². The first-order chi connectivity index (χ1) is 13.7. The van der Waals surface area contributed by atoms with Gasteiger partial charge in [-0.3, -0.25) is 4.79 Å². The van der Waals surface area contributed by atoms with E-state index in [4.69, 9.17) is 9.47 Å². The van der Waals surface area contributed by atoms with Crippen molar-refractivity contribution in [2.75, 3.05) is 52.5 Å². The minimum atomic E-state index is 0.296. The molecule has 6 heteroatoms. The second-order valence-corrected chi connectivity index (χ2v) is 7.75. The molecule has 1 aromatic carbocycles. The molecule has 0 bridgehead atoms. The number of nitrogens with zero attached hydrogens (tertiary/aromatic N) is 2. The Morgan fingerprint density at radius 1 is 1.18 bits per heavy atom. The van der Waals surface area contributed by atoms with E-state index in [9.17, 15) is 4.79 Å². The van der Waals surface area contributed by atoms with Crippen LogP contribution in [0, 0.1) is 0 Å². The van der Waals surface area contributed by atoms with Gasteiger partial charge in [-0.2, -0.15) is 0 Å². The van der Waals surface area contributed by atoms with Crippen molar-refractivity contribution >= 4 is 5.91 Å². The largest absolute Gasteiger partial charge is 0.486 e. The zero-order valence-corrected chi connectivity index (χ0v) is 17.4. The lowest BCUT2D eigenvalue weighted by atomic mass is 10.0. The van der Waals surface area contributed by atoms with Crippen LogP contribution in [0.1, 0.15) is 38.7 Å². The Morgan fingerprint density at radius 2 is 2.00 bits per heavy atom. The first-order valence-corrected chi connectivity index (χ1v) is 10.8. The predicted octanol–water partition coefficient (Wildman–Crippen LogP) is 2.31. The number of unbranched alkanes of at least 4 members (excludes halogenated alkanes) is 1. The fraction of sp³-hybridized carbons (Fsp3) is 0.682. The number of hydrogen-bond acceptors (Lipinski definition) is 5. The Kier molecular flexibility index (Phi) is 7.98. The molecule has 2 heterocycles. The average molecular weight is 390 g/mol. The molecule has 1 fully saturated rings. The molecule has 28 heavy (non-hydrogen) atoms. The van der Waals surface area contributed by atoms with Crippen LogP contribution in [0.15, 0.2) is 18.2 Å². The summed E-state index contributed by atoms with van der Waals surface area (Å²) in [5, 5.41) is 3.29. The summed E-state index contributed by atoms with van der Waals surface area (Å²) in [6, 6.07) is 6.77. The van der Waals surface area contributed by atoms with Crippen LogP contribution in [0.3, 0.4) is 0 Å². The molecule has 2 aliphatic heterocycles. The summed E-state index contributed by atoms with van der Waals surface area (Å²) in [6.45, 7) is 11.4. The highest BCUT2D eigenvalue weighted by molar-refractivity contribution is 5.76. The highest BCUT2D eigenvalue weighted by atomic mass is 16.6. The van der Waals surface area contributed by atoms with Gasteiger partial charge in [0.1, 0.15) is 13.2 Å². The van der Waals surface area contributed by atoms with E-state index < -0.39 is 0 Å². The number of likely N-dealkylation sites (N-methyl/N-ethyl adjacent to an activating group) is 1. The number of nitrogens with one attached hydrogen (secondary N) is 1. The van der Waals surface area contributed by atoms with Crippen LogP contribution in [0.4, 0.5) is 0 Å². The van der Waals surface area contributed by atoms with Crippen molar-refractivity contribution in [3.63, 3.8) is 0 Å². The van der Waals surface area contributed by atoms with Gasteiger partial charge in [0.15, 0.2) is 11.5 Å². The zero-order valence-electron chi connectivity index (χ0n) is 17.4. The van der Waals surface area contributed by atoms with E-state index in [1.54, 1.807) is 0 Å². The Balaban J connectivity index is 1.43. The van der Waals surface area contributed by atoms with E-state index in [2.05, 4.69) is 36.2 Å². The lowest BCUT2D eigenvalue weighted by molar-refractivity contribution is -0.130. The van der Waals surface area contributed by atoms with E-state index >= 15 is 0 Å². The quantitative estimate of drug-likeness (QED) is 0.657. The summed E-state index contributed by atoms with van der Waals surface area (Å²) in [7, 11) is 0. The van der Waals surface area contributed by atoms with Gasteiger partial charge in [0, 0.05) is 38.6 Å². The number of benzene rings is 1. The molecular weight excluding hydrogens is 354 g/mol. The van der Waals surface area contributed by atoms with Gasteiger partial charge >= 0.3 is 0 Å². The van der Waals surface area contributed by atoms with Crippen molar-refractivity contribution in [3.8, 4) is 11.5 Å². The SMILES string of the molecule is CCN(CCCCN1CCNCCC1=O)C(C)Cc1ccc2c(c1)OCCO2. The van der Waals surface area contributed by atoms with Crippen molar-refractivity contribution in [3.05, 3.63) is 23.8 Å². The summed E-state index contributed by atoms with van der Waals surface area (Å²) < 4.78 is 11.3. The second kappa shape index (κ2) is 10.7. The number of rotatable bonds is 9. The highest BCUT2D eigenvalue weighted by Crippen LogP contribution is 2.31. The number of hydrogen-bond donors (Lipinski definition) is 1. The minimum Gasteiger partial charge on any atom is -0.486 e. The molecule has 2 aliphatic rings. The smallest absolute Gasteiger partial charge is 0.223 e. The Morgan fingerprint density at radius 3 is 2.82 bits per heavy atom. The fourth-order valence-corrected chi connectivity index (χ4v) is 4.05. The topological polar surface area (TPSA) is 54.0 Å². The summed E-state index contributed by atoms with van der Waals surface area (Å²) in [5.41, 5.74) is 1.29. The second-order valence-electron chi connectivity index (χ2n) is 7.75. The van der Waals surface area contributed by atoms with Gasteiger partial charge in [0.25, 0.3) is 0 Å². The van der Waals surface area contributed by atoms with Gasteiger partial charge in [-0.1, -0.05) is 13.0 Å². The van der Waals surface area contributed by atoms with Crippen LogP contribution in [0.2, 0.25) is 0 Å². The third-order valence-corrected chi connectivity index (χ3v) is 5.72. The van der Waals surface area contributed by atoms with E-state index in [0.717, 1.165) is 70.0 Å². The van der Waals surface area contributed by atoms with E-state index in [1.807, 2.05) is 11.0 Å². The first-order valence-electron chi connectivity index (χ1n) is 10.8. The van der Waals surface area contributed by atoms with E-state index in [-0.39, 0.29) is 0 Å². The summed E-state index contributed by atoms with van der Waals surface area (Å²) >= 11 is 0. The molecule has 1 unspecified atom stereocenters. The van der Waals surface area contributed by atoms with Crippen LogP contribution < -0.4 is 14.8 Å². The number of carbonyl (C=O) groups excluding carboxylic acids is 1. The molecule has 1 N–H and O–H groups in total. The van der Waals surface area contributed by atoms with Gasteiger partial charge in [-0.15, -0.1) is 0 Å². The maximum absolute atomic E-state index is 12.1. The van der Waals surface area contributed by atoms with Crippen LogP contribution in [-0.4, -0.2) is 74.2 Å². The lowest BCUT2D eigenvalue weighted by Crippen LogP contribution is -2.36. The van der Waals surface area contributed by atoms with Crippen LogP contribution in [0.5, 0.6) is 11.5 Å². The van der Waals surface area contributed by atoms with Crippen molar-refractivity contribution < 1.29 is 14.3 Å². The average Bonchev–Trinajstić information content (AvgIpc) is 2.92. The summed E-state index contributed by atoms with van der Waals surface area (Å²) in [4.78, 5) is 16.6. The summed E-state index contributed by atoms with van der Waals surface area (Å²) in [5.74, 6) is 2.02. The molecule has 0 aliphatic carbocycles. The first kappa shape index (κ1) is 20.9. The Bertz CT molecular complexity index is 637. The minimum absolute atomic E-state index is 0.296. The molecule has 1 saturated heterocycles. The molecule has 1 aromatic rings. The van der Waals surface area contributed by atoms with Crippen LogP contribution in [-0.2, 0) is 11.2 Å². The Labute approximate surface area is 169 Å². The zero-order chi connectivity index (χ0) is 19.8.